The molecule has 0 aromatic carbocycles. The van der Waals surface area contributed by atoms with Gasteiger partial charge in [0.05, 0.1) is 19.1 Å². The van der Waals surface area contributed by atoms with E-state index in [9.17, 15) is 0 Å². The zero-order chi connectivity index (χ0) is 16.4. The summed E-state index contributed by atoms with van der Waals surface area (Å²) in [6.07, 6.45) is 7.68. The van der Waals surface area contributed by atoms with E-state index in [4.69, 9.17) is 4.42 Å². The first kappa shape index (κ1) is 15.9. The maximum Gasteiger partial charge on any atom is 0.122 e. The Balaban J connectivity index is 1.45. The van der Waals surface area contributed by atoms with E-state index in [0.29, 0.717) is 5.92 Å². The van der Waals surface area contributed by atoms with Crippen molar-refractivity contribution in [2.24, 2.45) is 5.92 Å². The molecular weight excluding hydrogens is 302 g/mol. The largest absolute Gasteiger partial charge is 0.472 e. The minimum Gasteiger partial charge on any atom is -0.472 e. The maximum absolute atomic E-state index is 5.24. The first-order valence-corrected chi connectivity index (χ1v) is 8.90. The van der Waals surface area contributed by atoms with Gasteiger partial charge in [-0.2, -0.15) is 0 Å². The van der Waals surface area contributed by atoms with Crippen LogP contribution in [-0.4, -0.2) is 70.6 Å². The van der Waals surface area contributed by atoms with E-state index in [0.717, 1.165) is 26.2 Å². The van der Waals surface area contributed by atoms with Crippen molar-refractivity contribution < 1.29 is 4.42 Å². The maximum atomic E-state index is 5.24. The van der Waals surface area contributed by atoms with Crippen LogP contribution in [0, 0.1) is 5.92 Å². The highest BCUT2D eigenvalue weighted by Gasteiger charge is 2.25. The molecule has 2 aromatic rings. The smallest absolute Gasteiger partial charge is 0.122 e. The zero-order valence-corrected chi connectivity index (χ0v) is 14.5. The fourth-order valence-corrected chi connectivity index (χ4v) is 3.90. The third kappa shape index (κ3) is 3.71. The summed E-state index contributed by atoms with van der Waals surface area (Å²) >= 11 is 0. The molecule has 0 N–H and O–H groups in total. The number of hydrogen-bond acceptors (Lipinski definition) is 5. The van der Waals surface area contributed by atoms with Gasteiger partial charge in [0.1, 0.15) is 5.82 Å². The summed E-state index contributed by atoms with van der Waals surface area (Å²) in [5.41, 5.74) is 1.24. The Kier molecular flexibility index (Phi) is 4.69. The Hall–Kier alpha value is -1.63. The quantitative estimate of drug-likeness (QED) is 0.847. The molecule has 1 saturated heterocycles. The van der Waals surface area contributed by atoms with Gasteiger partial charge in [-0.25, -0.2) is 4.98 Å². The first-order valence-electron chi connectivity index (χ1n) is 8.90. The molecule has 130 valence electrons. The normalized spacial score (nSPS) is 24.0. The van der Waals surface area contributed by atoms with Crippen LogP contribution in [0.15, 0.2) is 35.4 Å². The molecule has 4 rings (SSSR count). The fourth-order valence-electron chi connectivity index (χ4n) is 3.90. The summed E-state index contributed by atoms with van der Waals surface area (Å²) in [6, 6.07) is 2.06. The lowest BCUT2D eigenvalue weighted by atomic mass is 10.1. The van der Waals surface area contributed by atoms with Gasteiger partial charge in [0.15, 0.2) is 0 Å². The SMILES string of the molecule is CN1CCN(C[C@@H]2CN(Cc3ccoc3)Cc3nccn3C2)CC1. The molecule has 0 saturated carbocycles. The van der Waals surface area contributed by atoms with Gasteiger partial charge in [-0.3, -0.25) is 4.90 Å². The molecule has 0 radical (unpaired) electrons. The first-order chi connectivity index (χ1) is 11.8. The molecule has 6 nitrogen and oxygen atoms in total. The average molecular weight is 329 g/mol. The standard InChI is InChI=1S/C18H27N5O/c1-20-5-7-21(8-6-20)11-17-12-22(10-16-2-9-24-15-16)14-18-19-3-4-23(18)13-17/h2-4,9,15,17H,5-8,10-14H2,1H3/t17-/m1/s1. The molecule has 2 aromatic heterocycles. The number of furan rings is 1. The third-order valence-electron chi connectivity index (χ3n) is 5.24. The van der Waals surface area contributed by atoms with Crippen LogP contribution in [0.25, 0.3) is 0 Å². The second-order valence-electron chi connectivity index (χ2n) is 7.27. The Morgan fingerprint density at radius 3 is 2.83 bits per heavy atom. The van der Waals surface area contributed by atoms with Crippen molar-refractivity contribution in [1.82, 2.24) is 24.3 Å². The topological polar surface area (TPSA) is 40.7 Å². The van der Waals surface area contributed by atoms with Crippen molar-refractivity contribution >= 4 is 0 Å². The van der Waals surface area contributed by atoms with Crippen LogP contribution in [0.1, 0.15) is 11.4 Å². The van der Waals surface area contributed by atoms with E-state index in [1.165, 1.54) is 44.1 Å². The summed E-state index contributed by atoms with van der Waals surface area (Å²) in [4.78, 5) is 12.1. The number of hydrogen-bond donors (Lipinski definition) is 0. The summed E-state index contributed by atoms with van der Waals surface area (Å²) in [5.74, 6) is 1.81. The molecule has 0 unspecified atom stereocenters. The summed E-state index contributed by atoms with van der Waals surface area (Å²) in [5, 5.41) is 0. The molecule has 0 amide bonds. The number of aromatic nitrogens is 2. The number of rotatable bonds is 4. The monoisotopic (exact) mass is 329 g/mol. The molecule has 2 aliphatic rings. The molecular formula is C18H27N5O. The van der Waals surface area contributed by atoms with Gasteiger partial charge in [-0.05, 0) is 13.1 Å². The molecule has 1 fully saturated rings. The van der Waals surface area contributed by atoms with Gasteiger partial charge >= 0.3 is 0 Å². The van der Waals surface area contributed by atoms with Crippen molar-refractivity contribution in [3.05, 3.63) is 42.4 Å². The molecule has 1 atom stereocenters. The van der Waals surface area contributed by atoms with E-state index in [1.54, 1.807) is 6.26 Å². The van der Waals surface area contributed by atoms with Gasteiger partial charge in [0, 0.05) is 76.2 Å². The van der Waals surface area contributed by atoms with Crippen molar-refractivity contribution in [3.8, 4) is 0 Å². The Morgan fingerprint density at radius 2 is 2.04 bits per heavy atom. The second kappa shape index (κ2) is 7.09. The lowest BCUT2D eigenvalue weighted by Gasteiger charge is -2.35. The van der Waals surface area contributed by atoms with Crippen LogP contribution in [0.2, 0.25) is 0 Å². The Morgan fingerprint density at radius 1 is 1.17 bits per heavy atom. The van der Waals surface area contributed by atoms with E-state index in [-0.39, 0.29) is 0 Å². The van der Waals surface area contributed by atoms with Crippen molar-refractivity contribution in [2.45, 2.75) is 19.6 Å². The summed E-state index contributed by atoms with van der Waals surface area (Å²) in [6.45, 7) is 9.94. The molecule has 2 aliphatic heterocycles. The van der Waals surface area contributed by atoms with E-state index >= 15 is 0 Å². The minimum atomic E-state index is 0.635. The number of fused-ring (bicyclic) bond motifs is 1. The van der Waals surface area contributed by atoms with E-state index in [1.807, 2.05) is 12.5 Å². The van der Waals surface area contributed by atoms with Crippen LogP contribution in [0.5, 0.6) is 0 Å². The second-order valence-corrected chi connectivity index (χ2v) is 7.27. The molecule has 4 heterocycles. The number of likely N-dealkylation sites (N-methyl/N-ethyl adjacent to an activating group) is 1. The Bertz CT molecular complexity index is 630. The molecule has 0 spiro atoms. The number of nitrogens with zero attached hydrogens (tertiary/aromatic N) is 5. The number of piperazine rings is 1. The lowest BCUT2D eigenvalue weighted by molar-refractivity contribution is 0.116. The van der Waals surface area contributed by atoms with E-state index in [2.05, 4.69) is 43.6 Å². The highest BCUT2D eigenvalue weighted by Crippen LogP contribution is 2.19. The van der Waals surface area contributed by atoms with Crippen LogP contribution in [0.4, 0.5) is 0 Å². The summed E-state index contributed by atoms with van der Waals surface area (Å²) in [7, 11) is 2.22. The van der Waals surface area contributed by atoms with Gasteiger partial charge in [-0.1, -0.05) is 0 Å². The van der Waals surface area contributed by atoms with Gasteiger partial charge in [0.25, 0.3) is 0 Å². The molecule has 24 heavy (non-hydrogen) atoms. The lowest BCUT2D eigenvalue weighted by Crippen LogP contribution is -2.47. The molecule has 6 heteroatoms. The number of imidazole rings is 1. The van der Waals surface area contributed by atoms with Crippen LogP contribution >= 0.6 is 0 Å². The fraction of sp³-hybridized carbons (Fsp3) is 0.611. The van der Waals surface area contributed by atoms with Crippen LogP contribution < -0.4 is 0 Å². The highest BCUT2D eigenvalue weighted by atomic mass is 16.3. The third-order valence-corrected chi connectivity index (χ3v) is 5.24. The van der Waals surface area contributed by atoms with Crippen molar-refractivity contribution in [2.75, 3.05) is 46.3 Å². The molecule has 0 bridgehead atoms. The van der Waals surface area contributed by atoms with Gasteiger partial charge in [0.2, 0.25) is 0 Å². The van der Waals surface area contributed by atoms with Crippen LogP contribution in [-0.2, 0) is 19.6 Å². The zero-order valence-electron chi connectivity index (χ0n) is 14.5. The minimum absolute atomic E-state index is 0.635. The van der Waals surface area contributed by atoms with E-state index < -0.39 is 0 Å². The van der Waals surface area contributed by atoms with Gasteiger partial charge < -0.3 is 18.8 Å². The van der Waals surface area contributed by atoms with Crippen molar-refractivity contribution in [3.63, 3.8) is 0 Å². The Labute approximate surface area is 143 Å². The predicted molar refractivity (Wildman–Crippen MR) is 92.5 cm³/mol. The highest BCUT2D eigenvalue weighted by molar-refractivity contribution is 5.06. The van der Waals surface area contributed by atoms with Crippen molar-refractivity contribution in [1.29, 1.82) is 0 Å². The summed E-state index contributed by atoms with van der Waals surface area (Å²) < 4.78 is 7.58. The van der Waals surface area contributed by atoms with Crippen LogP contribution in [0.3, 0.4) is 0 Å². The van der Waals surface area contributed by atoms with Gasteiger partial charge in [-0.15, -0.1) is 0 Å². The predicted octanol–water partition coefficient (Wildman–Crippen LogP) is 1.36. The molecule has 0 aliphatic carbocycles. The average Bonchev–Trinajstić information content (AvgIpc) is 3.19.